The molecule has 0 aromatic heterocycles. The maximum absolute atomic E-state index is 11.3. The molecule has 0 saturated carbocycles. The van der Waals surface area contributed by atoms with Gasteiger partial charge in [-0.1, -0.05) is 0 Å². The monoisotopic (exact) mass is 213 g/mol. The molecule has 5 heteroatoms. The highest BCUT2D eigenvalue weighted by atomic mass is 16.5. The third kappa shape index (κ3) is 2.12. The van der Waals surface area contributed by atoms with Crippen LogP contribution in [0.25, 0.3) is 0 Å². The summed E-state index contributed by atoms with van der Waals surface area (Å²) in [6, 6.07) is -0.0133. The topological polar surface area (TPSA) is 64.6 Å². The van der Waals surface area contributed by atoms with Crippen LogP contribution in [-0.4, -0.2) is 36.7 Å². The Morgan fingerprint density at radius 3 is 2.80 bits per heavy atom. The van der Waals surface area contributed by atoms with E-state index in [4.69, 9.17) is 4.74 Å². The van der Waals surface area contributed by atoms with E-state index in [-0.39, 0.29) is 24.9 Å². The van der Waals surface area contributed by atoms with E-state index in [0.29, 0.717) is 0 Å². The first kappa shape index (κ1) is 10.4. The predicted molar refractivity (Wildman–Crippen MR) is 51.1 cm³/mol. The summed E-state index contributed by atoms with van der Waals surface area (Å²) in [5, 5.41) is 2.66. The molecule has 0 radical (unpaired) electrons. The lowest BCUT2D eigenvalue weighted by atomic mass is 9.95. The van der Waals surface area contributed by atoms with Crippen LogP contribution < -0.4 is 5.32 Å². The number of carbonyl (C=O) groups excluding carboxylic acids is 2. The molecule has 2 heterocycles. The molecule has 5 nitrogen and oxygen atoms in total. The van der Waals surface area contributed by atoms with Gasteiger partial charge < -0.3 is 14.8 Å². The first-order valence-corrected chi connectivity index (χ1v) is 5.33. The van der Waals surface area contributed by atoms with Crippen molar-refractivity contribution in [2.75, 3.05) is 6.61 Å². The van der Waals surface area contributed by atoms with Crippen LogP contribution in [0.2, 0.25) is 0 Å². The molecule has 1 amide bonds. The fourth-order valence-corrected chi connectivity index (χ4v) is 2.21. The van der Waals surface area contributed by atoms with Crippen molar-refractivity contribution >= 4 is 11.9 Å². The van der Waals surface area contributed by atoms with Crippen molar-refractivity contribution in [1.29, 1.82) is 0 Å². The molecule has 2 saturated heterocycles. The van der Waals surface area contributed by atoms with Gasteiger partial charge in [0.25, 0.3) is 0 Å². The second-order valence-electron chi connectivity index (χ2n) is 3.91. The Morgan fingerprint density at radius 1 is 1.47 bits per heavy atom. The van der Waals surface area contributed by atoms with E-state index in [1.807, 2.05) is 0 Å². The highest BCUT2D eigenvalue weighted by Crippen LogP contribution is 2.34. The van der Waals surface area contributed by atoms with Crippen molar-refractivity contribution in [3.63, 3.8) is 0 Å². The van der Waals surface area contributed by atoms with Crippen LogP contribution in [0.4, 0.5) is 0 Å². The smallest absolute Gasteiger partial charge is 0.396 e. The molecule has 15 heavy (non-hydrogen) atoms. The van der Waals surface area contributed by atoms with E-state index in [1.54, 1.807) is 6.92 Å². The summed E-state index contributed by atoms with van der Waals surface area (Å²) in [6.07, 6.45) is 3.21. The minimum absolute atomic E-state index is 0.0133. The molecule has 1 N–H and O–H groups in total. The van der Waals surface area contributed by atoms with Gasteiger partial charge in [-0.3, -0.25) is 4.79 Å². The second-order valence-corrected chi connectivity index (χ2v) is 3.91. The fourth-order valence-electron chi connectivity index (χ4n) is 2.21. The summed E-state index contributed by atoms with van der Waals surface area (Å²) >= 11 is 0. The third-order valence-electron chi connectivity index (χ3n) is 2.88. The Balaban J connectivity index is 1.82. The lowest BCUT2D eigenvalue weighted by Crippen LogP contribution is -2.44. The van der Waals surface area contributed by atoms with Crippen LogP contribution in [0.1, 0.15) is 26.2 Å². The maximum atomic E-state index is 11.3. The number of fused-ring (bicyclic) bond motifs is 2. The molecule has 2 bridgehead atoms. The molecule has 0 spiro atoms. The Kier molecular flexibility index (Phi) is 2.90. The molecule has 84 valence electrons. The number of carbonyl (C=O) groups is 2. The summed E-state index contributed by atoms with van der Waals surface area (Å²) in [5.41, 5.74) is 0. The number of esters is 1. The van der Waals surface area contributed by atoms with E-state index >= 15 is 0 Å². The minimum Gasteiger partial charge on any atom is -0.459 e. The average Bonchev–Trinajstić information content (AvgIpc) is 2.79. The van der Waals surface area contributed by atoms with Crippen molar-refractivity contribution in [1.82, 2.24) is 5.32 Å². The molecule has 2 aliphatic rings. The third-order valence-corrected chi connectivity index (χ3v) is 2.88. The van der Waals surface area contributed by atoms with Crippen molar-refractivity contribution in [3.8, 4) is 0 Å². The van der Waals surface area contributed by atoms with Crippen LogP contribution in [0, 0.1) is 0 Å². The van der Waals surface area contributed by atoms with Gasteiger partial charge >= 0.3 is 11.9 Å². The van der Waals surface area contributed by atoms with E-state index in [2.05, 4.69) is 10.1 Å². The number of ether oxygens (including phenoxy) is 2. The summed E-state index contributed by atoms with van der Waals surface area (Å²) in [5.74, 6) is -1.46. The second kappa shape index (κ2) is 4.18. The molecular formula is C10H15NO4. The van der Waals surface area contributed by atoms with Gasteiger partial charge in [-0.25, -0.2) is 4.79 Å². The number of nitrogens with one attached hydrogen (secondary N) is 1. The zero-order chi connectivity index (χ0) is 10.8. The summed E-state index contributed by atoms with van der Waals surface area (Å²) in [6.45, 7) is 1.89. The van der Waals surface area contributed by atoms with Gasteiger partial charge in [-0.15, -0.1) is 0 Å². The van der Waals surface area contributed by atoms with Crippen molar-refractivity contribution in [3.05, 3.63) is 0 Å². The minimum atomic E-state index is -0.805. The number of hydrogen-bond acceptors (Lipinski definition) is 4. The molecule has 3 unspecified atom stereocenters. The molecule has 0 aromatic carbocycles. The van der Waals surface area contributed by atoms with Gasteiger partial charge in [0.05, 0.1) is 24.9 Å². The molecule has 3 atom stereocenters. The van der Waals surface area contributed by atoms with Crippen LogP contribution >= 0.6 is 0 Å². The van der Waals surface area contributed by atoms with E-state index in [9.17, 15) is 9.59 Å². The number of hydrogen-bond donors (Lipinski definition) is 1. The van der Waals surface area contributed by atoms with Crippen LogP contribution in [0.3, 0.4) is 0 Å². The molecular weight excluding hydrogens is 198 g/mol. The molecule has 2 fully saturated rings. The van der Waals surface area contributed by atoms with Crippen molar-refractivity contribution < 1.29 is 19.1 Å². The fraction of sp³-hybridized carbons (Fsp3) is 0.800. The first-order valence-electron chi connectivity index (χ1n) is 5.33. The summed E-state index contributed by atoms with van der Waals surface area (Å²) < 4.78 is 10.2. The lowest BCUT2D eigenvalue weighted by molar-refractivity contribution is -0.155. The summed E-state index contributed by atoms with van der Waals surface area (Å²) in [4.78, 5) is 22.4. The van der Waals surface area contributed by atoms with E-state index in [0.717, 1.165) is 19.3 Å². The highest BCUT2D eigenvalue weighted by Gasteiger charge is 2.42. The molecule has 0 aromatic rings. The summed E-state index contributed by atoms with van der Waals surface area (Å²) in [7, 11) is 0. The number of rotatable bonds is 2. The van der Waals surface area contributed by atoms with Gasteiger partial charge in [0, 0.05) is 0 Å². The zero-order valence-electron chi connectivity index (χ0n) is 8.69. The van der Waals surface area contributed by atoms with Crippen LogP contribution in [0.15, 0.2) is 0 Å². The van der Waals surface area contributed by atoms with Crippen LogP contribution in [-0.2, 0) is 19.1 Å². The standard InChI is InChI=1S/C10H15NO4/c1-2-14-10(13)9(12)11-7-5-6-3-4-8(7)15-6/h6-8H,2-5H2,1H3,(H,11,12). The average molecular weight is 213 g/mol. The van der Waals surface area contributed by atoms with Gasteiger partial charge in [0.2, 0.25) is 0 Å². The Morgan fingerprint density at radius 2 is 2.27 bits per heavy atom. The van der Waals surface area contributed by atoms with Gasteiger partial charge in [0.15, 0.2) is 0 Å². The molecule has 0 aliphatic carbocycles. The largest absolute Gasteiger partial charge is 0.459 e. The predicted octanol–water partition coefficient (Wildman–Crippen LogP) is -0.0144. The Hall–Kier alpha value is -1.10. The molecule has 2 aliphatic heterocycles. The SMILES string of the molecule is CCOC(=O)C(=O)NC1CC2CCC1O2. The van der Waals surface area contributed by atoms with Gasteiger partial charge in [0.1, 0.15) is 0 Å². The maximum Gasteiger partial charge on any atom is 0.396 e. The lowest BCUT2D eigenvalue weighted by Gasteiger charge is -2.19. The van der Waals surface area contributed by atoms with Gasteiger partial charge in [-0.05, 0) is 26.2 Å². The van der Waals surface area contributed by atoms with E-state index in [1.165, 1.54) is 0 Å². The molecule has 2 rings (SSSR count). The van der Waals surface area contributed by atoms with Crippen molar-refractivity contribution in [2.45, 2.75) is 44.4 Å². The quantitative estimate of drug-likeness (QED) is 0.517. The Labute approximate surface area is 88.1 Å². The van der Waals surface area contributed by atoms with E-state index < -0.39 is 11.9 Å². The Bertz CT molecular complexity index is 279. The van der Waals surface area contributed by atoms with Gasteiger partial charge in [-0.2, -0.15) is 0 Å². The zero-order valence-corrected chi connectivity index (χ0v) is 8.69. The van der Waals surface area contributed by atoms with Crippen molar-refractivity contribution in [2.24, 2.45) is 0 Å². The highest BCUT2D eigenvalue weighted by molar-refractivity contribution is 6.32. The normalized spacial score (nSPS) is 32.7. The van der Waals surface area contributed by atoms with Crippen LogP contribution in [0.5, 0.6) is 0 Å². The first-order chi connectivity index (χ1) is 7.20. The number of amides is 1.